The van der Waals surface area contributed by atoms with Gasteiger partial charge in [0.2, 0.25) is 0 Å². The van der Waals surface area contributed by atoms with Gasteiger partial charge in [0.15, 0.2) is 0 Å². The van der Waals surface area contributed by atoms with Gasteiger partial charge in [-0.3, -0.25) is 0 Å². The normalized spacial score (nSPS) is 14.3. The maximum absolute atomic E-state index is 10.7. The first-order valence-electron chi connectivity index (χ1n) is 7.95. The fourth-order valence-electron chi connectivity index (χ4n) is 3.13. The zero-order valence-electron chi connectivity index (χ0n) is 13.6. The number of rotatable bonds is 7. The van der Waals surface area contributed by atoms with Gasteiger partial charge in [-0.05, 0) is 18.4 Å². The largest absolute Gasteiger partial charge is 0.393 e. The minimum absolute atomic E-state index is 0.165. The highest BCUT2D eigenvalue weighted by molar-refractivity contribution is 6.91. The topological polar surface area (TPSA) is 20.2 Å². The Labute approximate surface area is 135 Å². The lowest BCUT2D eigenvalue weighted by molar-refractivity contribution is 0.166. The van der Waals surface area contributed by atoms with E-state index in [0.717, 1.165) is 12.8 Å². The van der Waals surface area contributed by atoms with Crippen LogP contribution >= 0.6 is 0 Å². The molecule has 0 aromatic heterocycles. The molecule has 0 aliphatic carbocycles. The molecular weight excluding hydrogens is 284 g/mol. The number of aryl methyl sites for hydroxylation is 1. The summed E-state index contributed by atoms with van der Waals surface area (Å²) in [7, 11) is -1.78. The number of aliphatic hydroxyl groups excluding tert-OH is 1. The van der Waals surface area contributed by atoms with E-state index in [1.54, 1.807) is 0 Å². The Hall–Kier alpha value is -1.64. The summed E-state index contributed by atoms with van der Waals surface area (Å²) in [6, 6.07) is 21.0. The van der Waals surface area contributed by atoms with Crippen LogP contribution in [0.15, 0.2) is 73.3 Å². The summed E-state index contributed by atoms with van der Waals surface area (Å²) in [4.78, 5) is 0. The van der Waals surface area contributed by atoms with Gasteiger partial charge >= 0.3 is 0 Å². The molecule has 0 spiro atoms. The van der Waals surface area contributed by atoms with Crippen LogP contribution in [0.1, 0.15) is 12.0 Å². The van der Waals surface area contributed by atoms with Gasteiger partial charge in [0, 0.05) is 5.54 Å². The van der Waals surface area contributed by atoms with Gasteiger partial charge in [-0.2, -0.15) is 0 Å². The zero-order chi connectivity index (χ0) is 16.0. The van der Waals surface area contributed by atoms with Crippen molar-refractivity contribution in [2.75, 3.05) is 0 Å². The van der Waals surface area contributed by atoms with Crippen LogP contribution in [-0.4, -0.2) is 19.3 Å². The van der Waals surface area contributed by atoms with Crippen molar-refractivity contribution < 1.29 is 5.11 Å². The molecule has 2 rings (SSSR count). The third-order valence-electron chi connectivity index (χ3n) is 4.59. The molecule has 0 saturated carbocycles. The summed E-state index contributed by atoms with van der Waals surface area (Å²) in [6.07, 6.45) is 3.32. The summed E-state index contributed by atoms with van der Waals surface area (Å²) in [5, 5.41) is 12.1. The lowest BCUT2D eigenvalue weighted by Crippen LogP contribution is -2.49. The second-order valence-corrected chi connectivity index (χ2v) is 11.1. The summed E-state index contributed by atoms with van der Waals surface area (Å²) in [5.41, 5.74) is 1.45. The maximum Gasteiger partial charge on any atom is 0.0901 e. The Bertz CT molecular complexity index is 577. The molecule has 1 nitrogen and oxygen atoms in total. The molecule has 2 atom stereocenters. The molecule has 22 heavy (non-hydrogen) atoms. The van der Waals surface area contributed by atoms with E-state index in [0.29, 0.717) is 0 Å². The maximum atomic E-state index is 10.7. The molecular formula is C20H26OSi. The van der Waals surface area contributed by atoms with E-state index in [-0.39, 0.29) is 11.6 Å². The molecule has 0 heterocycles. The Kier molecular flexibility index (Phi) is 5.75. The van der Waals surface area contributed by atoms with E-state index < -0.39 is 8.07 Å². The molecule has 0 radical (unpaired) electrons. The molecule has 2 aromatic carbocycles. The molecule has 0 fully saturated rings. The third-order valence-corrected chi connectivity index (χ3v) is 8.70. The summed E-state index contributed by atoms with van der Waals surface area (Å²) in [6.45, 7) is 8.64. The van der Waals surface area contributed by atoms with Gasteiger partial charge in [0.25, 0.3) is 0 Å². The van der Waals surface area contributed by atoms with Crippen molar-refractivity contribution in [3.8, 4) is 0 Å². The first-order chi connectivity index (χ1) is 10.6. The average molecular weight is 311 g/mol. The number of hydrogen-bond acceptors (Lipinski definition) is 1. The molecule has 116 valence electrons. The fourth-order valence-corrected chi connectivity index (χ4v) is 6.29. The minimum Gasteiger partial charge on any atom is -0.393 e. The third kappa shape index (κ3) is 3.96. The van der Waals surface area contributed by atoms with Crippen LogP contribution in [0.5, 0.6) is 0 Å². The Morgan fingerprint density at radius 2 is 1.55 bits per heavy atom. The van der Waals surface area contributed by atoms with Gasteiger partial charge in [-0.25, -0.2) is 0 Å². The molecule has 0 aliphatic heterocycles. The summed E-state index contributed by atoms with van der Waals surface area (Å²) >= 11 is 0. The van der Waals surface area contributed by atoms with Crippen LogP contribution in [0.4, 0.5) is 0 Å². The SMILES string of the molecule is C=C[C@@H]([C@@H](O)CCc1ccccc1)[Si](C)(C)c1ccccc1. The number of benzene rings is 2. The molecule has 1 N–H and O–H groups in total. The molecule has 0 bridgehead atoms. The van der Waals surface area contributed by atoms with E-state index in [1.165, 1.54) is 10.8 Å². The quantitative estimate of drug-likeness (QED) is 0.601. The lowest BCUT2D eigenvalue weighted by Gasteiger charge is -2.34. The Morgan fingerprint density at radius 3 is 2.09 bits per heavy atom. The smallest absolute Gasteiger partial charge is 0.0901 e. The molecule has 2 heteroatoms. The van der Waals surface area contributed by atoms with Gasteiger partial charge in [-0.15, -0.1) is 6.58 Å². The Morgan fingerprint density at radius 1 is 1.00 bits per heavy atom. The fraction of sp³-hybridized carbons (Fsp3) is 0.300. The predicted molar refractivity (Wildman–Crippen MR) is 98.3 cm³/mol. The molecule has 2 aromatic rings. The molecule has 0 aliphatic rings. The highest BCUT2D eigenvalue weighted by Gasteiger charge is 2.35. The molecule has 0 saturated heterocycles. The minimum atomic E-state index is -1.78. The van der Waals surface area contributed by atoms with Crippen molar-refractivity contribution in [3.63, 3.8) is 0 Å². The van der Waals surface area contributed by atoms with E-state index in [4.69, 9.17) is 0 Å². The monoisotopic (exact) mass is 310 g/mol. The van der Waals surface area contributed by atoms with Crippen molar-refractivity contribution in [1.82, 2.24) is 0 Å². The van der Waals surface area contributed by atoms with Crippen molar-refractivity contribution in [2.24, 2.45) is 0 Å². The van der Waals surface area contributed by atoms with Gasteiger partial charge < -0.3 is 5.11 Å². The second kappa shape index (κ2) is 7.57. The second-order valence-electron chi connectivity index (χ2n) is 6.44. The van der Waals surface area contributed by atoms with Crippen LogP contribution < -0.4 is 5.19 Å². The van der Waals surface area contributed by atoms with Crippen molar-refractivity contribution in [1.29, 1.82) is 0 Å². The standard InChI is InChI=1S/C20H26OSi/c1-4-20(22(2,3)18-13-9-6-10-14-18)19(21)16-15-17-11-7-5-8-12-17/h4-14,19-21H,1,15-16H2,2-3H3/t19-,20-/m0/s1. The van der Waals surface area contributed by atoms with E-state index in [2.05, 4.69) is 68.2 Å². The lowest BCUT2D eigenvalue weighted by atomic mass is 10.0. The zero-order valence-corrected chi connectivity index (χ0v) is 14.6. The summed E-state index contributed by atoms with van der Waals surface area (Å²) < 4.78 is 0. The van der Waals surface area contributed by atoms with E-state index in [9.17, 15) is 5.11 Å². The van der Waals surface area contributed by atoms with Gasteiger partial charge in [0.05, 0.1) is 14.2 Å². The van der Waals surface area contributed by atoms with Crippen LogP contribution in [0.25, 0.3) is 0 Å². The van der Waals surface area contributed by atoms with Crippen molar-refractivity contribution >= 4 is 13.3 Å². The van der Waals surface area contributed by atoms with Crippen LogP contribution in [0, 0.1) is 0 Å². The predicted octanol–water partition coefficient (Wildman–Crippen LogP) is 4.15. The first-order valence-corrected chi connectivity index (χ1v) is 11.0. The van der Waals surface area contributed by atoms with Crippen molar-refractivity contribution in [3.05, 3.63) is 78.9 Å². The van der Waals surface area contributed by atoms with Gasteiger partial charge in [0.1, 0.15) is 0 Å². The van der Waals surface area contributed by atoms with E-state index in [1.807, 2.05) is 18.2 Å². The van der Waals surface area contributed by atoms with Crippen molar-refractivity contribution in [2.45, 2.75) is 37.6 Å². The average Bonchev–Trinajstić information content (AvgIpc) is 2.55. The van der Waals surface area contributed by atoms with Gasteiger partial charge in [-0.1, -0.05) is 85.0 Å². The highest BCUT2D eigenvalue weighted by Crippen LogP contribution is 2.29. The Balaban J connectivity index is 2.08. The number of aliphatic hydroxyl groups is 1. The number of hydrogen-bond donors (Lipinski definition) is 1. The first kappa shape index (κ1) is 16.7. The molecule has 0 unspecified atom stereocenters. The van der Waals surface area contributed by atoms with Crippen LogP contribution in [0.3, 0.4) is 0 Å². The van der Waals surface area contributed by atoms with Crippen LogP contribution in [0.2, 0.25) is 18.6 Å². The highest BCUT2D eigenvalue weighted by atomic mass is 28.3. The molecule has 0 amide bonds. The van der Waals surface area contributed by atoms with Crippen LogP contribution in [-0.2, 0) is 6.42 Å². The summed E-state index contributed by atoms with van der Waals surface area (Å²) in [5.74, 6) is 0. The van der Waals surface area contributed by atoms with E-state index >= 15 is 0 Å².